The monoisotopic (exact) mass is 256 g/mol. The highest BCUT2D eigenvalue weighted by Gasteiger charge is 2.28. The van der Waals surface area contributed by atoms with Gasteiger partial charge in [-0.3, -0.25) is 4.79 Å². The van der Waals surface area contributed by atoms with Gasteiger partial charge in [0, 0.05) is 12.6 Å². The van der Waals surface area contributed by atoms with Crippen molar-refractivity contribution in [1.29, 1.82) is 0 Å². The molecule has 4 heteroatoms. The third-order valence-corrected chi connectivity index (χ3v) is 3.62. The van der Waals surface area contributed by atoms with Gasteiger partial charge in [0.05, 0.1) is 7.11 Å². The van der Waals surface area contributed by atoms with Crippen molar-refractivity contribution >= 4 is 5.97 Å². The Morgan fingerprint density at radius 3 is 2.67 bits per heavy atom. The molecular weight excluding hydrogens is 228 g/mol. The SMILES string of the molecule is CCC(C)CN(C)CCC(NC1CC1)C(=O)OC. The lowest BCUT2D eigenvalue weighted by Crippen LogP contribution is -2.41. The van der Waals surface area contributed by atoms with E-state index in [1.807, 2.05) is 0 Å². The Kier molecular flexibility index (Phi) is 6.65. The second-order valence-corrected chi connectivity index (χ2v) is 5.58. The lowest BCUT2D eigenvalue weighted by Gasteiger charge is -2.23. The molecule has 1 saturated carbocycles. The van der Waals surface area contributed by atoms with E-state index in [1.165, 1.54) is 26.4 Å². The van der Waals surface area contributed by atoms with E-state index in [0.29, 0.717) is 12.0 Å². The maximum atomic E-state index is 11.7. The van der Waals surface area contributed by atoms with Gasteiger partial charge >= 0.3 is 5.97 Å². The molecule has 4 nitrogen and oxygen atoms in total. The summed E-state index contributed by atoms with van der Waals surface area (Å²) in [6, 6.07) is 0.399. The molecule has 2 atom stereocenters. The largest absolute Gasteiger partial charge is 0.468 e. The Balaban J connectivity index is 2.28. The highest BCUT2D eigenvalue weighted by molar-refractivity contribution is 5.75. The maximum absolute atomic E-state index is 11.7. The molecule has 1 aliphatic carbocycles. The molecule has 0 heterocycles. The molecule has 0 aromatic carbocycles. The fourth-order valence-corrected chi connectivity index (χ4v) is 2.05. The van der Waals surface area contributed by atoms with Crippen molar-refractivity contribution in [3.63, 3.8) is 0 Å². The fraction of sp³-hybridized carbons (Fsp3) is 0.929. The van der Waals surface area contributed by atoms with Crippen LogP contribution in [0.25, 0.3) is 0 Å². The topological polar surface area (TPSA) is 41.6 Å². The minimum absolute atomic E-state index is 0.126. The standard InChI is InChI=1S/C14H28N2O2/c1-5-11(2)10-16(3)9-8-13(14(17)18-4)15-12-6-7-12/h11-13,15H,5-10H2,1-4H3. The van der Waals surface area contributed by atoms with E-state index in [9.17, 15) is 4.79 Å². The predicted molar refractivity (Wildman–Crippen MR) is 73.5 cm³/mol. The molecule has 0 aromatic rings. The van der Waals surface area contributed by atoms with Crippen molar-refractivity contribution in [3.8, 4) is 0 Å². The number of esters is 1. The fourth-order valence-electron chi connectivity index (χ4n) is 2.05. The molecule has 1 aliphatic rings. The van der Waals surface area contributed by atoms with Crippen LogP contribution in [0.1, 0.15) is 39.5 Å². The van der Waals surface area contributed by atoms with Crippen LogP contribution in [0.2, 0.25) is 0 Å². The molecule has 0 spiro atoms. The summed E-state index contributed by atoms with van der Waals surface area (Å²) >= 11 is 0. The Bertz CT molecular complexity index is 254. The van der Waals surface area contributed by atoms with Crippen LogP contribution in [0.3, 0.4) is 0 Å². The number of carbonyl (C=O) groups excluding carboxylic acids is 1. The van der Waals surface area contributed by atoms with Gasteiger partial charge in [0.25, 0.3) is 0 Å². The van der Waals surface area contributed by atoms with Gasteiger partial charge in [-0.25, -0.2) is 0 Å². The zero-order valence-electron chi connectivity index (χ0n) is 12.2. The lowest BCUT2D eigenvalue weighted by molar-refractivity contribution is -0.143. The van der Waals surface area contributed by atoms with Gasteiger partial charge in [-0.05, 0) is 38.8 Å². The third-order valence-electron chi connectivity index (χ3n) is 3.62. The van der Waals surface area contributed by atoms with Gasteiger partial charge < -0.3 is 15.0 Å². The summed E-state index contributed by atoms with van der Waals surface area (Å²) in [6.45, 7) is 6.50. The van der Waals surface area contributed by atoms with Crippen molar-refractivity contribution in [2.24, 2.45) is 5.92 Å². The zero-order chi connectivity index (χ0) is 13.5. The van der Waals surface area contributed by atoms with Crippen LogP contribution in [0, 0.1) is 5.92 Å². The average Bonchev–Trinajstić information content (AvgIpc) is 3.17. The predicted octanol–water partition coefficient (Wildman–Crippen LogP) is 1.65. The molecule has 0 radical (unpaired) electrons. The van der Waals surface area contributed by atoms with Crippen LogP contribution in [0.4, 0.5) is 0 Å². The van der Waals surface area contributed by atoms with Crippen LogP contribution >= 0.6 is 0 Å². The van der Waals surface area contributed by atoms with E-state index in [0.717, 1.165) is 19.5 Å². The molecule has 1 N–H and O–H groups in total. The smallest absolute Gasteiger partial charge is 0.322 e. The van der Waals surface area contributed by atoms with E-state index in [4.69, 9.17) is 4.74 Å². The van der Waals surface area contributed by atoms with E-state index in [2.05, 4.69) is 31.1 Å². The first-order valence-corrected chi connectivity index (χ1v) is 7.09. The van der Waals surface area contributed by atoms with E-state index < -0.39 is 0 Å². The summed E-state index contributed by atoms with van der Waals surface area (Å²) in [5.41, 5.74) is 0. The summed E-state index contributed by atoms with van der Waals surface area (Å²) in [5, 5.41) is 3.36. The minimum Gasteiger partial charge on any atom is -0.468 e. The summed E-state index contributed by atoms with van der Waals surface area (Å²) in [7, 11) is 3.59. The number of nitrogens with zero attached hydrogens (tertiary/aromatic N) is 1. The second-order valence-electron chi connectivity index (χ2n) is 5.58. The van der Waals surface area contributed by atoms with Crippen LogP contribution in [0.15, 0.2) is 0 Å². The molecule has 0 amide bonds. The second kappa shape index (κ2) is 7.74. The van der Waals surface area contributed by atoms with Crippen LogP contribution < -0.4 is 5.32 Å². The number of hydrogen-bond acceptors (Lipinski definition) is 4. The van der Waals surface area contributed by atoms with E-state index in [1.54, 1.807) is 0 Å². The minimum atomic E-state index is -0.137. The molecule has 0 aliphatic heterocycles. The van der Waals surface area contributed by atoms with Crippen molar-refractivity contribution < 1.29 is 9.53 Å². The van der Waals surface area contributed by atoms with Gasteiger partial charge in [-0.1, -0.05) is 20.3 Å². The number of methoxy groups -OCH3 is 1. The highest BCUT2D eigenvalue weighted by atomic mass is 16.5. The first-order chi connectivity index (χ1) is 8.56. The summed E-state index contributed by atoms with van der Waals surface area (Å²) < 4.78 is 4.86. The number of rotatable bonds is 9. The van der Waals surface area contributed by atoms with Crippen molar-refractivity contribution in [1.82, 2.24) is 10.2 Å². The molecule has 18 heavy (non-hydrogen) atoms. The molecule has 0 saturated heterocycles. The van der Waals surface area contributed by atoms with E-state index >= 15 is 0 Å². The van der Waals surface area contributed by atoms with E-state index in [-0.39, 0.29) is 12.0 Å². The summed E-state index contributed by atoms with van der Waals surface area (Å²) in [6.07, 6.45) is 4.41. The molecular formula is C14H28N2O2. The van der Waals surface area contributed by atoms with Crippen LogP contribution in [0.5, 0.6) is 0 Å². The molecule has 0 bridgehead atoms. The Hall–Kier alpha value is -0.610. The average molecular weight is 256 g/mol. The Labute approximate surface area is 111 Å². The zero-order valence-corrected chi connectivity index (χ0v) is 12.2. The first-order valence-electron chi connectivity index (χ1n) is 7.09. The Morgan fingerprint density at radius 1 is 1.50 bits per heavy atom. The van der Waals surface area contributed by atoms with Gasteiger partial charge in [-0.2, -0.15) is 0 Å². The quantitative estimate of drug-likeness (QED) is 0.637. The van der Waals surface area contributed by atoms with Crippen LogP contribution in [-0.2, 0) is 9.53 Å². The molecule has 0 aromatic heterocycles. The number of hydrogen-bond donors (Lipinski definition) is 1. The normalized spacial score (nSPS) is 18.7. The summed E-state index contributed by atoms with van der Waals surface area (Å²) in [5.74, 6) is 0.585. The number of nitrogens with one attached hydrogen (secondary N) is 1. The molecule has 1 fully saturated rings. The number of ether oxygens (including phenoxy) is 1. The molecule has 2 unspecified atom stereocenters. The lowest BCUT2D eigenvalue weighted by atomic mass is 10.1. The van der Waals surface area contributed by atoms with Gasteiger partial charge in [-0.15, -0.1) is 0 Å². The highest BCUT2D eigenvalue weighted by Crippen LogP contribution is 2.20. The van der Waals surface area contributed by atoms with Crippen molar-refractivity contribution in [3.05, 3.63) is 0 Å². The van der Waals surface area contributed by atoms with Crippen molar-refractivity contribution in [2.45, 2.75) is 51.6 Å². The molecule has 1 rings (SSSR count). The first kappa shape index (κ1) is 15.4. The maximum Gasteiger partial charge on any atom is 0.322 e. The van der Waals surface area contributed by atoms with Gasteiger partial charge in [0.2, 0.25) is 0 Å². The van der Waals surface area contributed by atoms with Crippen molar-refractivity contribution in [2.75, 3.05) is 27.2 Å². The summed E-state index contributed by atoms with van der Waals surface area (Å²) in [4.78, 5) is 14.0. The van der Waals surface area contributed by atoms with Gasteiger partial charge in [0.15, 0.2) is 0 Å². The van der Waals surface area contributed by atoms with Crippen LogP contribution in [-0.4, -0.2) is 50.2 Å². The Morgan fingerprint density at radius 2 is 2.17 bits per heavy atom. The van der Waals surface area contributed by atoms with Gasteiger partial charge in [0.1, 0.15) is 6.04 Å². The molecule has 106 valence electrons. The number of carbonyl (C=O) groups is 1. The third kappa shape index (κ3) is 5.83.